The van der Waals surface area contributed by atoms with Gasteiger partial charge in [-0.3, -0.25) is 9.78 Å². The van der Waals surface area contributed by atoms with Crippen LogP contribution in [0.2, 0.25) is 0 Å². The van der Waals surface area contributed by atoms with Gasteiger partial charge in [0.15, 0.2) is 0 Å². The molecule has 1 amide bonds. The van der Waals surface area contributed by atoms with Crippen LogP contribution in [0.1, 0.15) is 36.6 Å². The Kier molecular flexibility index (Phi) is 5.49. The minimum absolute atomic E-state index is 0.207. The minimum Gasteiger partial charge on any atom is -0.395 e. The molecule has 5 nitrogen and oxygen atoms in total. The second-order valence-electron chi connectivity index (χ2n) is 5.38. The first-order valence-electron chi connectivity index (χ1n) is 7.26. The van der Waals surface area contributed by atoms with Gasteiger partial charge in [0, 0.05) is 36.8 Å². The maximum absolute atomic E-state index is 10.8. The molecule has 110 valence electrons. The second-order valence-corrected chi connectivity index (χ2v) is 5.38. The highest BCUT2D eigenvalue weighted by atomic mass is 16.3. The Bertz CT molecular complexity index is 448. The van der Waals surface area contributed by atoms with Crippen molar-refractivity contribution in [3.8, 4) is 0 Å². The number of amides is 1. The largest absolute Gasteiger partial charge is 0.395 e. The standard InChI is InChI=1S/C15H23N3O2/c16-15(20)7-6-13-4-1-5-14(17-13)12-3-2-8-18(11-12)9-10-19/h1,4-5,12,19H,2-3,6-11H2,(H2,16,20)/t12-/m1/s1. The molecule has 2 heterocycles. The van der Waals surface area contributed by atoms with Crippen molar-refractivity contribution < 1.29 is 9.90 Å². The molecule has 1 aliphatic rings. The number of carbonyl (C=O) groups excluding carboxylic acids is 1. The molecule has 0 spiro atoms. The number of likely N-dealkylation sites (tertiary alicyclic amines) is 1. The SMILES string of the molecule is NC(=O)CCc1cccc([C@@H]2CCCN(CCO)C2)n1. The number of primary amides is 1. The Morgan fingerprint density at radius 1 is 1.50 bits per heavy atom. The quantitative estimate of drug-likeness (QED) is 0.801. The predicted octanol–water partition coefficient (Wildman–Crippen LogP) is 0.671. The molecule has 0 aliphatic carbocycles. The molecule has 5 heteroatoms. The number of carbonyl (C=O) groups is 1. The van der Waals surface area contributed by atoms with Gasteiger partial charge in [-0.25, -0.2) is 0 Å². The fourth-order valence-electron chi connectivity index (χ4n) is 2.76. The van der Waals surface area contributed by atoms with Crippen LogP contribution < -0.4 is 5.73 Å². The van der Waals surface area contributed by atoms with Crippen molar-refractivity contribution in [3.05, 3.63) is 29.6 Å². The molecule has 1 aromatic heterocycles. The molecule has 1 fully saturated rings. The van der Waals surface area contributed by atoms with Crippen LogP contribution in [0.15, 0.2) is 18.2 Å². The van der Waals surface area contributed by atoms with E-state index in [1.807, 2.05) is 12.1 Å². The van der Waals surface area contributed by atoms with E-state index in [0.717, 1.165) is 43.9 Å². The predicted molar refractivity (Wildman–Crippen MR) is 77.3 cm³/mol. The fourth-order valence-corrected chi connectivity index (χ4v) is 2.76. The van der Waals surface area contributed by atoms with Crippen molar-refractivity contribution in [2.75, 3.05) is 26.2 Å². The highest BCUT2D eigenvalue weighted by Gasteiger charge is 2.22. The highest BCUT2D eigenvalue weighted by molar-refractivity contribution is 5.73. The van der Waals surface area contributed by atoms with Gasteiger partial charge in [0.25, 0.3) is 0 Å². The number of hydrogen-bond acceptors (Lipinski definition) is 4. The number of hydrogen-bond donors (Lipinski definition) is 2. The summed E-state index contributed by atoms with van der Waals surface area (Å²) in [5, 5.41) is 9.04. The lowest BCUT2D eigenvalue weighted by atomic mass is 9.94. The van der Waals surface area contributed by atoms with Gasteiger partial charge in [-0.05, 0) is 37.9 Å². The lowest BCUT2D eigenvalue weighted by Crippen LogP contribution is -2.36. The molecule has 20 heavy (non-hydrogen) atoms. The van der Waals surface area contributed by atoms with E-state index in [1.54, 1.807) is 0 Å². The fraction of sp³-hybridized carbons (Fsp3) is 0.600. The molecular weight excluding hydrogens is 254 g/mol. The number of aryl methyl sites for hydroxylation is 1. The van der Waals surface area contributed by atoms with Crippen molar-refractivity contribution in [1.29, 1.82) is 0 Å². The number of pyridine rings is 1. The van der Waals surface area contributed by atoms with Gasteiger partial charge in [0.1, 0.15) is 0 Å². The van der Waals surface area contributed by atoms with Crippen LogP contribution in [0.3, 0.4) is 0 Å². The van der Waals surface area contributed by atoms with Crippen LogP contribution in [0.4, 0.5) is 0 Å². The summed E-state index contributed by atoms with van der Waals surface area (Å²) in [6.07, 6.45) is 3.22. The molecular formula is C15H23N3O2. The van der Waals surface area contributed by atoms with Crippen LogP contribution in [0.5, 0.6) is 0 Å². The smallest absolute Gasteiger partial charge is 0.217 e. The van der Waals surface area contributed by atoms with Crippen LogP contribution in [-0.2, 0) is 11.2 Å². The van der Waals surface area contributed by atoms with Gasteiger partial charge in [-0.2, -0.15) is 0 Å². The van der Waals surface area contributed by atoms with E-state index in [4.69, 9.17) is 10.8 Å². The topological polar surface area (TPSA) is 79.5 Å². The summed E-state index contributed by atoms with van der Waals surface area (Å²) in [4.78, 5) is 17.8. The van der Waals surface area contributed by atoms with Crippen LogP contribution in [0, 0.1) is 0 Å². The van der Waals surface area contributed by atoms with Crippen LogP contribution >= 0.6 is 0 Å². The van der Waals surface area contributed by atoms with Gasteiger partial charge >= 0.3 is 0 Å². The number of piperidine rings is 1. The minimum atomic E-state index is -0.288. The van der Waals surface area contributed by atoms with Crippen LogP contribution in [0.25, 0.3) is 0 Å². The Morgan fingerprint density at radius 3 is 3.10 bits per heavy atom. The molecule has 0 bridgehead atoms. The van der Waals surface area contributed by atoms with Gasteiger partial charge < -0.3 is 15.7 Å². The normalized spacial score (nSPS) is 19.9. The molecule has 0 saturated carbocycles. The van der Waals surface area contributed by atoms with Gasteiger partial charge in [-0.15, -0.1) is 0 Å². The number of rotatable bonds is 6. The maximum Gasteiger partial charge on any atom is 0.217 e. The van der Waals surface area contributed by atoms with E-state index >= 15 is 0 Å². The number of β-amino-alcohol motifs (C(OH)–C–C–N with tert-alkyl or cyclic N) is 1. The zero-order valence-corrected chi connectivity index (χ0v) is 11.8. The van der Waals surface area contributed by atoms with Gasteiger partial charge in [0.2, 0.25) is 5.91 Å². The van der Waals surface area contributed by atoms with Crippen molar-refractivity contribution in [1.82, 2.24) is 9.88 Å². The van der Waals surface area contributed by atoms with E-state index in [9.17, 15) is 4.79 Å². The molecule has 2 rings (SSSR count). The first kappa shape index (κ1) is 14.9. The Morgan fingerprint density at radius 2 is 2.35 bits per heavy atom. The molecule has 1 aromatic rings. The first-order chi connectivity index (χ1) is 9.69. The maximum atomic E-state index is 10.8. The molecule has 0 radical (unpaired) electrons. The summed E-state index contributed by atoms with van der Waals surface area (Å²) in [5.41, 5.74) is 7.20. The third-order valence-electron chi connectivity index (χ3n) is 3.80. The number of aliphatic hydroxyl groups excluding tert-OH is 1. The number of aromatic nitrogens is 1. The lowest BCUT2D eigenvalue weighted by molar-refractivity contribution is -0.118. The number of nitrogens with zero attached hydrogens (tertiary/aromatic N) is 2. The molecule has 1 atom stereocenters. The molecule has 1 aliphatic heterocycles. The van der Waals surface area contributed by atoms with E-state index in [-0.39, 0.29) is 12.5 Å². The van der Waals surface area contributed by atoms with Crippen molar-refractivity contribution >= 4 is 5.91 Å². The van der Waals surface area contributed by atoms with E-state index in [2.05, 4.69) is 16.0 Å². The summed E-state index contributed by atoms with van der Waals surface area (Å²) in [6, 6.07) is 6.01. The summed E-state index contributed by atoms with van der Waals surface area (Å²) < 4.78 is 0. The van der Waals surface area contributed by atoms with E-state index < -0.39 is 0 Å². The summed E-state index contributed by atoms with van der Waals surface area (Å²) in [6.45, 7) is 2.95. The molecule has 0 aromatic carbocycles. The first-order valence-corrected chi connectivity index (χ1v) is 7.26. The summed E-state index contributed by atoms with van der Waals surface area (Å²) in [5.74, 6) is 0.132. The van der Waals surface area contributed by atoms with Gasteiger partial charge in [0.05, 0.1) is 6.61 Å². The Hall–Kier alpha value is -1.46. The Balaban J connectivity index is 2.00. The second kappa shape index (κ2) is 7.36. The average Bonchev–Trinajstić information content (AvgIpc) is 2.46. The zero-order valence-electron chi connectivity index (χ0n) is 11.8. The van der Waals surface area contributed by atoms with E-state index in [1.165, 1.54) is 0 Å². The Labute approximate surface area is 119 Å². The third-order valence-corrected chi connectivity index (χ3v) is 3.80. The molecule has 1 saturated heterocycles. The zero-order chi connectivity index (χ0) is 14.4. The van der Waals surface area contributed by atoms with Gasteiger partial charge in [-0.1, -0.05) is 6.07 Å². The number of aliphatic hydroxyl groups is 1. The van der Waals surface area contributed by atoms with E-state index in [0.29, 0.717) is 18.8 Å². The number of nitrogens with two attached hydrogens (primary N) is 1. The average molecular weight is 277 g/mol. The van der Waals surface area contributed by atoms with Crippen molar-refractivity contribution in [2.45, 2.75) is 31.6 Å². The lowest BCUT2D eigenvalue weighted by Gasteiger charge is -2.32. The third kappa shape index (κ3) is 4.28. The van der Waals surface area contributed by atoms with Crippen molar-refractivity contribution in [2.24, 2.45) is 5.73 Å². The van der Waals surface area contributed by atoms with Crippen LogP contribution in [-0.4, -0.2) is 47.1 Å². The molecule has 3 N–H and O–H groups in total. The summed E-state index contributed by atoms with van der Waals surface area (Å²) >= 11 is 0. The van der Waals surface area contributed by atoms with Crippen molar-refractivity contribution in [3.63, 3.8) is 0 Å². The monoisotopic (exact) mass is 277 g/mol. The molecule has 0 unspecified atom stereocenters. The summed E-state index contributed by atoms with van der Waals surface area (Å²) in [7, 11) is 0. The highest BCUT2D eigenvalue weighted by Crippen LogP contribution is 2.25.